The van der Waals surface area contributed by atoms with Crippen LogP contribution in [0.5, 0.6) is 0 Å². The molecule has 118 valence electrons. The van der Waals surface area contributed by atoms with Gasteiger partial charge in [-0.2, -0.15) is 13.2 Å². The molecule has 1 unspecified atom stereocenters. The zero-order chi connectivity index (χ0) is 16.0. The molecule has 3 nitrogen and oxygen atoms in total. The van der Waals surface area contributed by atoms with Crippen LogP contribution in [0.3, 0.4) is 0 Å². The van der Waals surface area contributed by atoms with Gasteiger partial charge in [-0.3, -0.25) is 4.79 Å². The summed E-state index contributed by atoms with van der Waals surface area (Å²) in [6.07, 6.45) is -4.16. The van der Waals surface area contributed by atoms with Crippen molar-refractivity contribution < 1.29 is 27.1 Å². The highest BCUT2D eigenvalue weighted by molar-refractivity contribution is 5.70. The molecule has 0 aliphatic heterocycles. The summed E-state index contributed by atoms with van der Waals surface area (Å²) in [6, 6.07) is 2.07. The van der Waals surface area contributed by atoms with Gasteiger partial charge in [0.05, 0.1) is 19.1 Å². The second kappa shape index (κ2) is 7.40. The fourth-order valence-electron chi connectivity index (χ4n) is 1.85. The first-order chi connectivity index (χ1) is 9.79. The molecule has 1 aromatic rings. The van der Waals surface area contributed by atoms with Crippen molar-refractivity contribution in [1.29, 1.82) is 0 Å². The van der Waals surface area contributed by atoms with E-state index in [1.54, 1.807) is 0 Å². The van der Waals surface area contributed by atoms with Gasteiger partial charge in [0, 0.05) is 6.04 Å². The minimum atomic E-state index is -4.78. The molecule has 0 radical (unpaired) electrons. The molecule has 0 saturated heterocycles. The van der Waals surface area contributed by atoms with E-state index in [2.05, 4.69) is 10.1 Å². The standard InChI is InChI=1S/C14H17F4NO2/c1-3-6-19-12(8-13(20)21-2)9-4-5-11(15)10(7-9)14(16,17)18/h4-5,7,12,19H,3,6,8H2,1-2H3. The lowest BCUT2D eigenvalue weighted by Crippen LogP contribution is -2.25. The number of nitrogens with one attached hydrogen (secondary N) is 1. The van der Waals surface area contributed by atoms with Crippen LogP contribution in [0.25, 0.3) is 0 Å². The fourth-order valence-corrected chi connectivity index (χ4v) is 1.85. The maximum Gasteiger partial charge on any atom is 0.419 e. The number of ether oxygens (including phenoxy) is 1. The van der Waals surface area contributed by atoms with E-state index in [0.717, 1.165) is 18.6 Å². The Kier molecular flexibility index (Phi) is 6.14. The number of benzene rings is 1. The number of alkyl halides is 3. The Labute approximate surface area is 120 Å². The first kappa shape index (κ1) is 17.4. The summed E-state index contributed by atoms with van der Waals surface area (Å²) in [4.78, 5) is 11.3. The maximum atomic E-state index is 13.3. The Morgan fingerprint density at radius 3 is 2.57 bits per heavy atom. The van der Waals surface area contributed by atoms with Crippen molar-refractivity contribution in [3.8, 4) is 0 Å². The van der Waals surface area contributed by atoms with Crippen LogP contribution in [0.4, 0.5) is 17.6 Å². The average Bonchev–Trinajstić information content (AvgIpc) is 2.42. The molecule has 1 aromatic carbocycles. The molecular formula is C14H17F4NO2. The van der Waals surface area contributed by atoms with Crippen molar-refractivity contribution in [3.05, 3.63) is 35.1 Å². The van der Waals surface area contributed by atoms with Crippen LogP contribution >= 0.6 is 0 Å². The van der Waals surface area contributed by atoms with Gasteiger partial charge in [-0.15, -0.1) is 0 Å². The number of rotatable bonds is 6. The van der Waals surface area contributed by atoms with Gasteiger partial charge in [0.1, 0.15) is 5.82 Å². The lowest BCUT2D eigenvalue weighted by atomic mass is 10.0. The third-order valence-corrected chi connectivity index (χ3v) is 2.94. The van der Waals surface area contributed by atoms with Gasteiger partial charge < -0.3 is 10.1 Å². The van der Waals surface area contributed by atoms with Gasteiger partial charge in [0.25, 0.3) is 0 Å². The van der Waals surface area contributed by atoms with E-state index in [1.165, 1.54) is 13.2 Å². The van der Waals surface area contributed by atoms with Crippen LogP contribution in [0.15, 0.2) is 18.2 Å². The van der Waals surface area contributed by atoms with Gasteiger partial charge in [-0.05, 0) is 30.7 Å². The van der Waals surface area contributed by atoms with Crippen molar-refractivity contribution in [1.82, 2.24) is 5.32 Å². The monoisotopic (exact) mass is 307 g/mol. The topological polar surface area (TPSA) is 38.3 Å². The highest BCUT2D eigenvalue weighted by atomic mass is 19.4. The summed E-state index contributed by atoms with van der Waals surface area (Å²) in [5, 5.41) is 2.96. The molecule has 0 heterocycles. The normalized spacial score (nSPS) is 13.0. The number of carbonyl (C=O) groups is 1. The van der Waals surface area contributed by atoms with E-state index in [4.69, 9.17) is 0 Å². The quantitative estimate of drug-likeness (QED) is 0.646. The van der Waals surface area contributed by atoms with Crippen LogP contribution in [0, 0.1) is 5.82 Å². The molecule has 0 saturated carbocycles. The molecule has 1 rings (SSSR count). The Balaban J connectivity index is 3.09. The molecule has 0 amide bonds. The highest BCUT2D eigenvalue weighted by Gasteiger charge is 2.34. The number of esters is 1. The SMILES string of the molecule is CCCNC(CC(=O)OC)c1ccc(F)c(C(F)(F)F)c1. The summed E-state index contributed by atoms with van der Waals surface area (Å²) < 4.78 is 56.0. The predicted molar refractivity (Wildman–Crippen MR) is 69.1 cm³/mol. The third kappa shape index (κ3) is 5.00. The summed E-state index contributed by atoms with van der Waals surface area (Å²) >= 11 is 0. The Bertz CT molecular complexity index is 488. The highest BCUT2D eigenvalue weighted by Crippen LogP contribution is 2.33. The second-order valence-corrected chi connectivity index (χ2v) is 4.52. The predicted octanol–water partition coefficient (Wildman–Crippen LogP) is 3.45. The summed E-state index contributed by atoms with van der Waals surface area (Å²) in [7, 11) is 1.20. The molecule has 1 atom stereocenters. The third-order valence-electron chi connectivity index (χ3n) is 2.94. The molecule has 21 heavy (non-hydrogen) atoms. The smallest absolute Gasteiger partial charge is 0.419 e. The molecule has 1 N–H and O–H groups in total. The Hall–Kier alpha value is -1.63. The maximum absolute atomic E-state index is 13.3. The largest absolute Gasteiger partial charge is 0.469 e. The molecule has 0 bridgehead atoms. The van der Waals surface area contributed by atoms with Crippen molar-refractivity contribution in [2.75, 3.05) is 13.7 Å². The molecule has 7 heteroatoms. The minimum Gasteiger partial charge on any atom is -0.469 e. The molecule has 0 fully saturated rings. The average molecular weight is 307 g/mol. The first-order valence-electron chi connectivity index (χ1n) is 6.46. The zero-order valence-corrected chi connectivity index (χ0v) is 11.8. The van der Waals surface area contributed by atoms with Crippen LogP contribution in [-0.4, -0.2) is 19.6 Å². The van der Waals surface area contributed by atoms with Gasteiger partial charge >= 0.3 is 12.1 Å². The van der Waals surface area contributed by atoms with E-state index in [9.17, 15) is 22.4 Å². The Morgan fingerprint density at radius 2 is 2.05 bits per heavy atom. The summed E-state index contributed by atoms with van der Waals surface area (Å²) in [5.41, 5.74) is -1.14. The van der Waals surface area contributed by atoms with Crippen molar-refractivity contribution in [2.45, 2.75) is 32.0 Å². The second-order valence-electron chi connectivity index (χ2n) is 4.52. The number of carbonyl (C=O) groups excluding carboxylic acids is 1. The van der Waals surface area contributed by atoms with Crippen molar-refractivity contribution in [3.63, 3.8) is 0 Å². The van der Waals surface area contributed by atoms with Gasteiger partial charge in [-0.1, -0.05) is 13.0 Å². The van der Waals surface area contributed by atoms with Crippen LogP contribution < -0.4 is 5.32 Å². The summed E-state index contributed by atoms with van der Waals surface area (Å²) in [6.45, 7) is 2.40. The molecule has 0 spiro atoms. The van der Waals surface area contributed by atoms with Crippen LogP contribution in [0.2, 0.25) is 0 Å². The van der Waals surface area contributed by atoms with E-state index < -0.39 is 29.6 Å². The van der Waals surface area contributed by atoms with Crippen LogP contribution in [0.1, 0.15) is 36.9 Å². The van der Waals surface area contributed by atoms with Crippen molar-refractivity contribution >= 4 is 5.97 Å². The number of hydrogen-bond acceptors (Lipinski definition) is 3. The fraction of sp³-hybridized carbons (Fsp3) is 0.500. The van der Waals surface area contributed by atoms with E-state index >= 15 is 0 Å². The summed E-state index contributed by atoms with van der Waals surface area (Å²) in [5.74, 6) is -1.89. The van der Waals surface area contributed by atoms with E-state index in [1.807, 2.05) is 6.92 Å². The van der Waals surface area contributed by atoms with Gasteiger partial charge in [0.15, 0.2) is 0 Å². The zero-order valence-electron chi connectivity index (χ0n) is 11.8. The Morgan fingerprint density at radius 1 is 1.38 bits per heavy atom. The number of halogens is 4. The molecule has 0 aliphatic carbocycles. The van der Waals surface area contributed by atoms with Crippen molar-refractivity contribution in [2.24, 2.45) is 0 Å². The minimum absolute atomic E-state index is 0.126. The lowest BCUT2D eigenvalue weighted by molar-refractivity contribution is -0.141. The lowest BCUT2D eigenvalue weighted by Gasteiger charge is -2.19. The van der Waals surface area contributed by atoms with Gasteiger partial charge in [-0.25, -0.2) is 4.39 Å². The van der Waals surface area contributed by atoms with E-state index in [0.29, 0.717) is 6.54 Å². The van der Waals surface area contributed by atoms with Gasteiger partial charge in [0.2, 0.25) is 0 Å². The van der Waals surface area contributed by atoms with Crippen LogP contribution in [-0.2, 0) is 15.7 Å². The number of methoxy groups -OCH3 is 1. The molecule has 0 aliphatic rings. The number of hydrogen-bond donors (Lipinski definition) is 1. The molecule has 0 aromatic heterocycles. The van der Waals surface area contributed by atoms with E-state index in [-0.39, 0.29) is 12.0 Å². The first-order valence-corrected chi connectivity index (χ1v) is 6.46. The molecular weight excluding hydrogens is 290 g/mol.